The predicted octanol–water partition coefficient (Wildman–Crippen LogP) is 3.60. The number of carbonyl (C=O) groups excluding carboxylic acids is 1. The average Bonchev–Trinajstić information content (AvgIpc) is 3.28. The molecule has 6 nitrogen and oxygen atoms in total. The molecule has 0 saturated carbocycles. The molecule has 0 spiro atoms. The summed E-state index contributed by atoms with van der Waals surface area (Å²) in [7, 11) is 0. The molecular weight excluding hydrogens is 328 g/mol. The van der Waals surface area contributed by atoms with Gasteiger partial charge < -0.3 is 9.42 Å². The lowest BCUT2D eigenvalue weighted by Gasteiger charge is -2.32. The van der Waals surface area contributed by atoms with E-state index in [1.54, 1.807) is 6.20 Å². The zero-order chi connectivity index (χ0) is 18.3. The summed E-state index contributed by atoms with van der Waals surface area (Å²) in [6, 6.07) is 2.01. The predicted molar refractivity (Wildman–Crippen MR) is 98.2 cm³/mol. The van der Waals surface area contributed by atoms with Crippen LogP contribution < -0.4 is 0 Å². The van der Waals surface area contributed by atoms with Crippen LogP contribution >= 0.6 is 0 Å². The van der Waals surface area contributed by atoms with Crippen LogP contribution in [0.2, 0.25) is 0 Å². The third-order valence-electron chi connectivity index (χ3n) is 5.86. The van der Waals surface area contributed by atoms with Crippen LogP contribution in [-0.2, 0) is 12.8 Å². The van der Waals surface area contributed by atoms with Crippen molar-refractivity contribution in [2.75, 3.05) is 13.1 Å². The molecule has 2 aliphatic rings. The Morgan fingerprint density at radius 2 is 2.04 bits per heavy atom. The van der Waals surface area contributed by atoms with Crippen LogP contribution in [0.5, 0.6) is 0 Å². The van der Waals surface area contributed by atoms with Crippen LogP contribution in [0.3, 0.4) is 0 Å². The number of aromatic nitrogens is 3. The van der Waals surface area contributed by atoms with Gasteiger partial charge in [-0.1, -0.05) is 12.1 Å². The van der Waals surface area contributed by atoms with Gasteiger partial charge in [-0.3, -0.25) is 9.48 Å². The van der Waals surface area contributed by atoms with Gasteiger partial charge in [0.25, 0.3) is 5.91 Å². The summed E-state index contributed by atoms with van der Waals surface area (Å²) >= 11 is 0. The Morgan fingerprint density at radius 3 is 2.77 bits per heavy atom. The number of hydrogen-bond acceptors (Lipinski definition) is 4. The van der Waals surface area contributed by atoms with Crippen LogP contribution in [0.1, 0.15) is 79.5 Å². The fraction of sp³-hybridized carbons (Fsp3) is 0.650. The SMILES string of the molecule is CC(C)n1nccc1C(=O)N1CCC(c2onc3c2C[C@H](C)CC3)CC1. The maximum atomic E-state index is 12.9. The van der Waals surface area contributed by atoms with E-state index in [1.165, 1.54) is 12.0 Å². The number of rotatable bonds is 3. The van der Waals surface area contributed by atoms with Crippen molar-refractivity contribution < 1.29 is 9.32 Å². The van der Waals surface area contributed by atoms with Crippen molar-refractivity contribution in [2.24, 2.45) is 5.92 Å². The van der Waals surface area contributed by atoms with E-state index >= 15 is 0 Å². The Labute approximate surface area is 154 Å². The first-order valence-electron chi connectivity index (χ1n) is 9.84. The van der Waals surface area contributed by atoms with Gasteiger partial charge in [0.15, 0.2) is 0 Å². The molecule has 1 amide bonds. The van der Waals surface area contributed by atoms with Gasteiger partial charge in [-0.25, -0.2) is 0 Å². The van der Waals surface area contributed by atoms with Gasteiger partial charge in [0.05, 0.1) is 5.69 Å². The molecule has 6 heteroatoms. The lowest BCUT2D eigenvalue weighted by molar-refractivity contribution is 0.0691. The number of fused-ring (bicyclic) bond motifs is 1. The van der Waals surface area contributed by atoms with Gasteiger partial charge in [0.2, 0.25) is 0 Å². The normalized spacial score (nSPS) is 21.2. The summed E-state index contributed by atoms with van der Waals surface area (Å²) in [4.78, 5) is 14.8. The lowest BCUT2D eigenvalue weighted by Crippen LogP contribution is -2.39. The fourth-order valence-corrected chi connectivity index (χ4v) is 4.33. The van der Waals surface area contributed by atoms with Crippen LogP contribution in [0.15, 0.2) is 16.8 Å². The van der Waals surface area contributed by atoms with Gasteiger partial charge in [0, 0.05) is 36.8 Å². The summed E-state index contributed by atoms with van der Waals surface area (Å²) < 4.78 is 7.56. The highest BCUT2D eigenvalue weighted by Crippen LogP contribution is 2.36. The maximum Gasteiger partial charge on any atom is 0.272 e. The number of carbonyl (C=O) groups is 1. The topological polar surface area (TPSA) is 64.2 Å². The zero-order valence-corrected chi connectivity index (χ0v) is 15.9. The number of likely N-dealkylation sites (tertiary alicyclic amines) is 1. The van der Waals surface area contributed by atoms with Crippen molar-refractivity contribution in [3.05, 3.63) is 35.0 Å². The van der Waals surface area contributed by atoms with Crippen LogP contribution in [0.25, 0.3) is 0 Å². The summed E-state index contributed by atoms with van der Waals surface area (Å²) in [5.41, 5.74) is 3.20. The molecule has 3 heterocycles. The Morgan fingerprint density at radius 1 is 1.27 bits per heavy atom. The zero-order valence-electron chi connectivity index (χ0n) is 15.9. The molecule has 2 aromatic heterocycles. The second kappa shape index (κ2) is 6.89. The van der Waals surface area contributed by atoms with Crippen LogP contribution in [0.4, 0.5) is 0 Å². The first-order valence-corrected chi connectivity index (χ1v) is 9.84. The number of piperidine rings is 1. The highest BCUT2D eigenvalue weighted by atomic mass is 16.5. The number of hydrogen-bond donors (Lipinski definition) is 0. The van der Waals surface area contributed by atoms with Crippen molar-refractivity contribution in [2.45, 2.75) is 64.8 Å². The Hall–Kier alpha value is -2.11. The Bertz CT molecular complexity index is 784. The quantitative estimate of drug-likeness (QED) is 0.843. The van der Waals surface area contributed by atoms with Gasteiger partial charge in [-0.15, -0.1) is 0 Å². The lowest BCUT2D eigenvalue weighted by atomic mass is 9.83. The van der Waals surface area contributed by atoms with Crippen molar-refractivity contribution in [3.63, 3.8) is 0 Å². The molecule has 1 fully saturated rings. The molecule has 0 radical (unpaired) electrons. The molecule has 4 rings (SSSR count). The van der Waals surface area contributed by atoms with Gasteiger partial charge in [0.1, 0.15) is 11.5 Å². The third-order valence-corrected chi connectivity index (χ3v) is 5.86. The summed E-state index contributed by atoms with van der Waals surface area (Å²) in [5.74, 6) is 2.27. The monoisotopic (exact) mass is 356 g/mol. The maximum absolute atomic E-state index is 12.9. The summed E-state index contributed by atoms with van der Waals surface area (Å²) in [6.07, 6.45) is 6.92. The molecule has 1 atom stereocenters. The van der Waals surface area contributed by atoms with Crippen molar-refractivity contribution in [1.82, 2.24) is 19.8 Å². The first-order chi connectivity index (χ1) is 12.5. The molecule has 140 valence electrons. The van der Waals surface area contributed by atoms with E-state index < -0.39 is 0 Å². The van der Waals surface area contributed by atoms with E-state index in [2.05, 4.69) is 17.2 Å². The third kappa shape index (κ3) is 3.06. The smallest absolute Gasteiger partial charge is 0.272 e. The van der Waals surface area contributed by atoms with Gasteiger partial charge in [-0.05, 0) is 57.9 Å². The summed E-state index contributed by atoms with van der Waals surface area (Å²) in [6.45, 7) is 7.92. The van der Waals surface area contributed by atoms with E-state index in [-0.39, 0.29) is 11.9 Å². The molecule has 1 aliphatic carbocycles. The molecule has 0 N–H and O–H groups in total. The van der Waals surface area contributed by atoms with Crippen LogP contribution in [0, 0.1) is 5.92 Å². The highest BCUT2D eigenvalue weighted by molar-refractivity contribution is 5.92. The number of nitrogens with zero attached hydrogens (tertiary/aromatic N) is 4. The largest absolute Gasteiger partial charge is 0.361 e. The number of amides is 1. The van der Waals surface area contributed by atoms with Gasteiger partial charge in [-0.2, -0.15) is 5.10 Å². The molecule has 1 saturated heterocycles. The van der Waals surface area contributed by atoms with Gasteiger partial charge >= 0.3 is 0 Å². The molecule has 0 bridgehead atoms. The molecule has 0 unspecified atom stereocenters. The Kier molecular flexibility index (Phi) is 4.59. The second-order valence-corrected chi connectivity index (χ2v) is 8.14. The minimum absolute atomic E-state index is 0.0860. The standard InChI is InChI=1S/C20H28N4O2/c1-13(2)24-18(6-9-21-24)20(25)23-10-7-15(8-11-23)19-16-12-14(3)4-5-17(16)22-26-19/h6,9,13-15H,4-5,7-8,10-12H2,1-3H3/t14-/m1/s1. The minimum Gasteiger partial charge on any atom is -0.361 e. The summed E-state index contributed by atoms with van der Waals surface area (Å²) in [5, 5.41) is 8.61. The first kappa shape index (κ1) is 17.3. The highest BCUT2D eigenvalue weighted by Gasteiger charge is 2.32. The molecule has 1 aliphatic heterocycles. The molecule has 26 heavy (non-hydrogen) atoms. The fourth-order valence-electron chi connectivity index (χ4n) is 4.33. The molecule has 0 aromatic carbocycles. The molecule has 2 aromatic rings. The Balaban J connectivity index is 1.44. The van der Waals surface area contributed by atoms with E-state index in [0.717, 1.165) is 50.2 Å². The van der Waals surface area contributed by atoms with Crippen molar-refractivity contribution >= 4 is 5.91 Å². The van der Waals surface area contributed by atoms with E-state index in [0.29, 0.717) is 17.5 Å². The number of aryl methyl sites for hydroxylation is 1. The second-order valence-electron chi connectivity index (χ2n) is 8.14. The van der Waals surface area contributed by atoms with Crippen LogP contribution in [-0.4, -0.2) is 38.8 Å². The van der Waals surface area contributed by atoms with E-state index in [4.69, 9.17) is 4.52 Å². The molecular formula is C20H28N4O2. The minimum atomic E-state index is 0.0860. The van der Waals surface area contributed by atoms with Crippen molar-refractivity contribution in [3.8, 4) is 0 Å². The van der Waals surface area contributed by atoms with E-state index in [9.17, 15) is 4.79 Å². The average molecular weight is 356 g/mol. The van der Waals surface area contributed by atoms with Crippen molar-refractivity contribution in [1.29, 1.82) is 0 Å². The van der Waals surface area contributed by atoms with E-state index in [1.807, 2.05) is 29.5 Å².